The number of rotatable bonds is 5. The summed E-state index contributed by atoms with van der Waals surface area (Å²) in [7, 11) is -1.23. The van der Waals surface area contributed by atoms with Crippen molar-refractivity contribution in [2.45, 2.75) is 17.4 Å². The second-order valence-corrected chi connectivity index (χ2v) is 4.69. The van der Waals surface area contributed by atoms with E-state index < -0.39 is 10.7 Å². The predicted octanol–water partition coefficient (Wildman–Crippen LogP) is 0.774. The fourth-order valence-corrected chi connectivity index (χ4v) is 2.09. The van der Waals surface area contributed by atoms with E-state index in [4.69, 9.17) is 22.1 Å². The molecule has 0 aliphatic carbocycles. The maximum Gasteiger partial charge on any atom is 0.171 e. The van der Waals surface area contributed by atoms with E-state index in [1.807, 2.05) is 0 Å². The lowest BCUT2D eigenvalue weighted by atomic mass is 10.1. The minimum atomic E-state index is -2.67. The number of halogens is 1. The highest BCUT2D eigenvalue weighted by Crippen LogP contribution is 2.21. The zero-order valence-corrected chi connectivity index (χ0v) is 10.5. The molecule has 6 heteroatoms. The van der Waals surface area contributed by atoms with Gasteiger partial charge in [0.1, 0.15) is 10.6 Å². The number of benzene rings is 1. The average molecular weight is 264 g/mol. The Kier molecular flexibility index (Phi) is 5.05. The number of methoxy groups -OCH3 is 1. The third kappa shape index (κ3) is 3.37. The molecule has 0 unspecified atom stereocenters. The van der Waals surface area contributed by atoms with Crippen LogP contribution in [0, 0.1) is 0 Å². The number of hydrogen-bond donors (Lipinski definition) is 2. The molecule has 0 heterocycles. The predicted molar refractivity (Wildman–Crippen MR) is 64.0 cm³/mol. The van der Waals surface area contributed by atoms with Gasteiger partial charge in [0.2, 0.25) is 0 Å². The molecule has 0 aromatic heterocycles. The van der Waals surface area contributed by atoms with Gasteiger partial charge >= 0.3 is 0 Å². The van der Waals surface area contributed by atoms with Gasteiger partial charge < -0.3 is 10.5 Å². The van der Waals surface area contributed by atoms with Gasteiger partial charge in [0, 0.05) is 11.9 Å². The maximum atomic E-state index is 11.0. The summed E-state index contributed by atoms with van der Waals surface area (Å²) in [5.41, 5.74) is 6.52. The molecule has 16 heavy (non-hydrogen) atoms. The summed E-state index contributed by atoms with van der Waals surface area (Å²) >= 11 is 5.59. The van der Waals surface area contributed by atoms with Crippen molar-refractivity contribution in [1.29, 1.82) is 0 Å². The summed E-state index contributed by atoms with van der Waals surface area (Å²) < 4.78 is 26.9. The largest absolute Gasteiger partial charge is 0.495 e. The summed E-state index contributed by atoms with van der Waals surface area (Å²) in [4.78, 5) is 0.178. The first-order valence-electron chi connectivity index (χ1n) is 4.71. The third-order valence-electron chi connectivity index (χ3n) is 2.14. The summed E-state index contributed by atoms with van der Waals surface area (Å²) in [6.07, 6.45) is 0.545. The van der Waals surface area contributed by atoms with Crippen LogP contribution in [0.4, 0.5) is 0 Å². The summed E-state index contributed by atoms with van der Waals surface area (Å²) in [5.74, 6) is 0.685. The van der Waals surface area contributed by atoms with Crippen LogP contribution in [0.5, 0.6) is 5.75 Å². The molecule has 0 fully saturated rings. The Balaban J connectivity index is 3.02. The van der Waals surface area contributed by atoms with Gasteiger partial charge in [0.15, 0.2) is 10.7 Å². The Morgan fingerprint density at radius 2 is 2.19 bits per heavy atom. The Morgan fingerprint density at radius 1 is 1.50 bits per heavy atom. The summed E-state index contributed by atoms with van der Waals surface area (Å²) in [5, 5.41) is 0. The van der Waals surface area contributed by atoms with E-state index in [-0.39, 0.29) is 10.9 Å². The number of hydrogen-bond acceptors (Lipinski definition) is 4. The normalized spacial score (nSPS) is 12.8. The number of alkyl halides is 1. The lowest BCUT2D eigenvalue weighted by Gasteiger charge is -2.09. The van der Waals surface area contributed by atoms with Gasteiger partial charge in [-0.25, -0.2) is 8.42 Å². The van der Waals surface area contributed by atoms with Crippen molar-refractivity contribution in [3.63, 3.8) is 0 Å². The highest BCUT2D eigenvalue weighted by molar-refractivity contribution is 7.72. The Hall–Kier alpha value is -0.780. The molecule has 0 saturated carbocycles. The standard InChI is InChI=1S/C10H14ClNO3S/c1-15-9-3-2-7(4-8(12)6-11)5-10(9)16(13)14/h2-3,5,8,16H,4,6,12H2,1H3/t8-/m0/s1. The molecule has 0 saturated heterocycles. The van der Waals surface area contributed by atoms with E-state index >= 15 is 0 Å². The van der Waals surface area contributed by atoms with Crippen LogP contribution in [-0.4, -0.2) is 27.4 Å². The van der Waals surface area contributed by atoms with Gasteiger partial charge in [-0.3, -0.25) is 0 Å². The van der Waals surface area contributed by atoms with Gasteiger partial charge in [-0.15, -0.1) is 11.6 Å². The van der Waals surface area contributed by atoms with Crippen LogP contribution in [0.3, 0.4) is 0 Å². The third-order valence-corrected chi connectivity index (χ3v) is 3.28. The molecule has 0 amide bonds. The Bertz CT molecular complexity index is 426. The number of nitrogens with two attached hydrogens (primary N) is 1. The molecule has 0 aliphatic heterocycles. The van der Waals surface area contributed by atoms with E-state index in [9.17, 15) is 8.42 Å². The molecule has 1 aromatic carbocycles. The van der Waals surface area contributed by atoms with E-state index in [1.165, 1.54) is 7.11 Å². The van der Waals surface area contributed by atoms with E-state index in [1.54, 1.807) is 18.2 Å². The molecule has 1 rings (SSSR count). The van der Waals surface area contributed by atoms with E-state index in [0.717, 1.165) is 5.56 Å². The topological polar surface area (TPSA) is 69.4 Å². The molecule has 0 bridgehead atoms. The molecule has 2 N–H and O–H groups in total. The first kappa shape index (κ1) is 13.3. The van der Waals surface area contributed by atoms with Crippen molar-refractivity contribution in [2.75, 3.05) is 13.0 Å². The van der Waals surface area contributed by atoms with Gasteiger partial charge in [-0.05, 0) is 24.1 Å². The SMILES string of the molecule is COc1ccc(C[C@H](N)CCl)cc1[SH](=O)=O. The number of thiol groups is 1. The molecule has 0 spiro atoms. The second kappa shape index (κ2) is 6.08. The van der Waals surface area contributed by atoms with Crippen LogP contribution in [0.25, 0.3) is 0 Å². The van der Waals surface area contributed by atoms with Crippen molar-refractivity contribution in [3.05, 3.63) is 23.8 Å². The highest BCUT2D eigenvalue weighted by Gasteiger charge is 2.09. The Morgan fingerprint density at radius 3 is 2.69 bits per heavy atom. The van der Waals surface area contributed by atoms with Crippen molar-refractivity contribution >= 4 is 22.3 Å². The van der Waals surface area contributed by atoms with Crippen LogP contribution in [-0.2, 0) is 17.1 Å². The lowest BCUT2D eigenvalue weighted by Crippen LogP contribution is -2.24. The Labute approximate surface area is 101 Å². The molecule has 90 valence electrons. The first-order valence-corrected chi connectivity index (χ1v) is 6.42. The molecule has 0 radical (unpaired) electrons. The molecule has 4 nitrogen and oxygen atoms in total. The van der Waals surface area contributed by atoms with Crippen molar-refractivity contribution < 1.29 is 13.2 Å². The monoisotopic (exact) mass is 263 g/mol. The minimum Gasteiger partial charge on any atom is -0.495 e. The average Bonchev–Trinajstić information content (AvgIpc) is 2.28. The zero-order chi connectivity index (χ0) is 12.1. The first-order chi connectivity index (χ1) is 7.58. The van der Waals surface area contributed by atoms with Gasteiger partial charge in [0.05, 0.1) is 7.11 Å². The van der Waals surface area contributed by atoms with Crippen LogP contribution in [0.15, 0.2) is 23.1 Å². The molecule has 1 aromatic rings. The minimum absolute atomic E-state index is 0.174. The van der Waals surface area contributed by atoms with E-state index in [2.05, 4.69) is 0 Å². The van der Waals surface area contributed by atoms with Gasteiger partial charge in [0.25, 0.3) is 0 Å². The molecule has 0 aliphatic rings. The second-order valence-electron chi connectivity index (χ2n) is 3.38. The summed E-state index contributed by atoms with van der Waals surface area (Å²) in [6, 6.07) is 4.80. The van der Waals surface area contributed by atoms with Crippen molar-refractivity contribution in [1.82, 2.24) is 0 Å². The fourth-order valence-electron chi connectivity index (χ4n) is 1.36. The van der Waals surface area contributed by atoms with Crippen LogP contribution < -0.4 is 10.5 Å². The zero-order valence-electron chi connectivity index (χ0n) is 8.85. The number of ether oxygens (including phenoxy) is 1. The van der Waals surface area contributed by atoms with Crippen molar-refractivity contribution in [3.8, 4) is 5.75 Å². The van der Waals surface area contributed by atoms with Crippen LogP contribution >= 0.6 is 11.6 Å². The summed E-state index contributed by atoms with van der Waals surface area (Å²) in [6.45, 7) is 0. The lowest BCUT2D eigenvalue weighted by molar-refractivity contribution is 0.403. The fraction of sp³-hybridized carbons (Fsp3) is 0.400. The van der Waals surface area contributed by atoms with Crippen LogP contribution in [0.1, 0.15) is 5.56 Å². The van der Waals surface area contributed by atoms with E-state index in [0.29, 0.717) is 18.1 Å². The molecular formula is C10H14ClNO3S. The molecule has 1 atom stereocenters. The van der Waals surface area contributed by atoms with Crippen molar-refractivity contribution in [2.24, 2.45) is 5.73 Å². The van der Waals surface area contributed by atoms with Crippen LogP contribution in [0.2, 0.25) is 0 Å². The highest BCUT2D eigenvalue weighted by atomic mass is 35.5. The van der Waals surface area contributed by atoms with Gasteiger partial charge in [-0.2, -0.15) is 0 Å². The molecular weight excluding hydrogens is 250 g/mol. The maximum absolute atomic E-state index is 11.0. The smallest absolute Gasteiger partial charge is 0.171 e. The van der Waals surface area contributed by atoms with Gasteiger partial charge in [-0.1, -0.05) is 6.07 Å². The quantitative estimate of drug-likeness (QED) is 0.608.